The van der Waals surface area contributed by atoms with Crippen LogP contribution in [0.5, 0.6) is 0 Å². The molecule has 2 heterocycles. The Kier molecular flexibility index (Phi) is 4.95. The summed E-state index contributed by atoms with van der Waals surface area (Å²) in [5.41, 5.74) is 0. The van der Waals surface area contributed by atoms with Crippen molar-refractivity contribution in [2.45, 2.75) is 19.4 Å². The van der Waals surface area contributed by atoms with Gasteiger partial charge in [0.2, 0.25) is 5.91 Å². The third-order valence-corrected chi connectivity index (χ3v) is 3.79. The van der Waals surface area contributed by atoms with Crippen LogP contribution in [0.15, 0.2) is 40.3 Å². The van der Waals surface area contributed by atoms with Crippen LogP contribution in [-0.4, -0.2) is 18.4 Å². The first-order chi connectivity index (χ1) is 9.66. The van der Waals surface area contributed by atoms with Gasteiger partial charge in [-0.1, -0.05) is 6.07 Å². The zero-order valence-electron chi connectivity index (χ0n) is 11.1. The van der Waals surface area contributed by atoms with Gasteiger partial charge in [-0.05, 0) is 30.5 Å². The van der Waals surface area contributed by atoms with E-state index < -0.39 is 0 Å². The number of amides is 2. The number of hydrogen-bond acceptors (Lipinski definition) is 4. The van der Waals surface area contributed by atoms with Gasteiger partial charge in [0.25, 0.3) is 5.91 Å². The lowest BCUT2D eigenvalue weighted by molar-refractivity contribution is -0.121. The molecular weight excluding hydrogens is 276 g/mol. The van der Waals surface area contributed by atoms with Gasteiger partial charge in [0.1, 0.15) is 0 Å². The van der Waals surface area contributed by atoms with Gasteiger partial charge in [0.15, 0.2) is 5.76 Å². The molecule has 0 aliphatic heterocycles. The Hall–Kier alpha value is -2.08. The third kappa shape index (κ3) is 3.96. The summed E-state index contributed by atoms with van der Waals surface area (Å²) in [6.45, 7) is 2.22. The van der Waals surface area contributed by atoms with Crippen molar-refractivity contribution in [2.75, 3.05) is 6.54 Å². The van der Waals surface area contributed by atoms with E-state index in [2.05, 4.69) is 10.6 Å². The zero-order valence-corrected chi connectivity index (χ0v) is 11.9. The van der Waals surface area contributed by atoms with Gasteiger partial charge in [0.05, 0.1) is 12.3 Å². The molecule has 0 aromatic carbocycles. The minimum Gasteiger partial charge on any atom is -0.459 e. The minimum absolute atomic E-state index is 0.0109. The monoisotopic (exact) mass is 292 g/mol. The molecule has 0 radical (unpaired) electrons. The summed E-state index contributed by atoms with van der Waals surface area (Å²) in [5.74, 6) is -0.155. The Morgan fingerprint density at radius 2 is 2.20 bits per heavy atom. The molecule has 2 amide bonds. The Labute approximate surface area is 121 Å². The molecule has 0 saturated carbocycles. The highest BCUT2D eigenvalue weighted by Gasteiger charge is 2.11. The minimum atomic E-state index is -0.311. The number of nitrogens with one attached hydrogen (secondary N) is 2. The average molecular weight is 292 g/mol. The van der Waals surface area contributed by atoms with Crippen LogP contribution in [0.25, 0.3) is 0 Å². The molecule has 2 aromatic heterocycles. The Balaban J connectivity index is 1.69. The fourth-order valence-electron chi connectivity index (χ4n) is 1.71. The van der Waals surface area contributed by atoms with Crippen molar-refractivity contribution in [3.63, 3.8) is 0 Å². The van der Waals surface area contributed by atoms with Crippen LogP contribution < -0.4 is 10.6 Å². The molecule has 2 aromatic rings. The number of carbonyl (C=O) groups excluding carboxylic acids is 2. The van der Waals surface area contributed by atoms with E-state index in [1.54, 1.807) is 23.5 Å². The van der Waals surface area contributed by atoms with Crippen LogP contribution >= 0.6 is 11.3 Å². The molecule has 0 fully saturated rings. The van der Waals surface area contributed by atoms with E-state index in [0.717, 1.165) is 4.88 Å². The molecule has 5 nitrogen and oxygen atoms in total. The summed E-state index contributed by atoms with van der Waals surface area (Å²) < 4.78 is 4.96. The molecule has 1 atom stereocenters. The molecule has 6 heteroatoms. The van der Waals surface area contributed by atoms with Gasteiger partial charge in [-0.3, -0.25) is 9.59 Å². The number of carbonyl (C=O) groups is 2. The number of thiophene rings is 1. The largest absolute Gasteiger partial charge is 0.459 e. The molecule has 0 spiro atoms. The van der Waals surface area contributed by atoms with Crippen molar-refractivity contribution in [3.05, 3.63) is 46.5 Å². The van der Waals surface area contributed by atoms with Gasteiger partial charge < -0.3 is 15.1 Å². The molecule has 0 bridgehead atoms. The van der Waals surface area contributed by atoms with Crippen LogP contribution in [0.1, 0.15) is 34.8 Å². The maximum Gasteiger partial charge on any atom is 0.286 e. The average Bonchev–Trinajstić information content (AvgIpc) is 3.12. The maximum absolute atomic E-state index is 11.7. The molecule has 20 heavy (non-hydrogen) atoms. The fraction of sp³-hybridized carbons (Fsp3) is 0.286. The van der Waals surface area contributed by atoms with Crippen molar-refractivity contribution in [1.29, 1.82) is 0 Å². The van der Waals surface area contributed by atoms with E-state index in [1.165, 1.54) is 6.26 Å². The highest BCUT2D eigenvalue weighted by atomic mass is 32.1. The summed E-state index contributed by atoms with van der Waals surface area (Å²) in [7, 11) is 0. The first-order valence-electron chi connectivity index (χ1n) is 6.31. The first kappa shape index (κ1) is 14.3. The molecular formula is C14H16N2O3S. The smallest absolute Gasteiger partial charge is 0.286 e. The van der Waals surface area contributed by atoms with E-state index in [4.69, 9.17) is 4.42 Å². The van der Waals surface area contributed by atoms with E-state index in [0.29, 0.717) is 0 Å². The SMILES string of the molecule is CC(NC(=O)CCNC(=O)c1ccco1)c1cccs1. The van der Waals surface area contributed by atoms with E-state index in [-0.39, 0.29) is 36.6 Å². The second-order valence-corrected chi connectivity index (χ2v) is 5.27. The lowest BCUT2D eigenvalue weighted by Gasteiger charge is -2.12. The van der Waals surface area contributed by atoms with Crippen molar-refractivity contribution >= 4 is 23.2 Å². The van der Waals surface area contributed by atoms with Gasteiger partial charge in [-0.25, -0.2) is 0 Å². The predicted octanol–water partition coefficient (Wildman–Crippen LogP) is 2.34. The lowest BCUT2D eigenvalue weighted by Crippen LogP contribution is -2.31. The van der Waals surface area contributed by atoms with Gasteiger partial charge in [-0.15, -0.1) is 11.3 Å². The Morgan fingerprint density at radius 3 is 2.85 bits per heavy atom. The van der Waals surface area contributed by atoms with Crippen LogP contribution in [0.3, 0.4) is 0 Å². The van der Waals surface area contributed by atoms with Crippen LogP contribution in [0.2, 0.25) is 0 Å². The lowest BCUT2D eigenvalue weighted by atomic mass is 10.2. The highest BCUT2D eigenvalue weighted by Crippen LogP contribution is 2.17. The molecule has 2 rings (SSSR count). The quantitative estimate of drug-likeness (QED) is 0.858. The highest BCUT2D eigenvalue weighted by molar-refractivity contribution is 7.10. The molecule has 0 aliphatic rings. The summed E-state index contributed by atoms with van der Waals surface area (Å²) in [5, 5.41) is 7.49. The Bertz CT molecular complexity index is 549. The van der Waals surface area contributed by atoms with Crippen LogP contribution in [-0.2, 0) is 4.79 Å². The van der Waals surface area contributed by atoms with Crippen molar-refractivity contribution in [1.82, 2.24) is 10.6 Å². The topological polar surface area (TPSA) is 71.3 Å². The summed E-state index contributed by atoms with van der Waals surface area (Å²) in [4.78, 5) is 24.4. The Morgan fingerprint density at radius 1 is 1.35 bits per heavy atom. The second-order valence-electron chi connectivity index (χ2n) is 4.29. The summed E-state index contributed by atoms with van der Waals surface area (Å²) in [6, 6.07) is 7.14. The van der Waals surface area contributed by atoms with Gasteiger partial charge >= 0.3 is 0 Å². The molecule has 106 valence electrons. The maximum atomic E-state index is 11.7. The van der Waals surface area contributed by atoms with Crippen molar-refractivity contribution < 1.29 is 14.0 Å². The second kappa shape index (κ2) is 6.91. The van der Waals surface area contributed by atoms with Crippen LogP contribution in [0, 0.1) is 0 Å². The standard InChI is InChI=1S/C14H16N2O3S/c1-10(12-5-3-9-20-12)16-13(17)6-7-15-14(18)11-4-2-8-19-11/h2-5,8-10H,6-7H2,1H3,(H,15,18)(H,16,17). The molecule has 0 saturated heterocycles. The molecule has 0 aliphatic carbocycles. The van der Waals surface area contributed by atoms with Crippen molar-refractivity contribution in [2.24, 2.45) is 0 Å². The predicted molar refractivity (Wildman–Crippen MR) is 76.5 cm³/mol. The summed E-state index contributed by atoms with van der Waals surface area (Å²) in [6.07, 6.45) is 1.67. The zero-order chi connectivity index (χ0) is 14.4. The third-order valence-electron chi connectivity index (χ3n) is 2.73. The number of rotatable bonds is 6. The molecule has 2 N–H and O–H groups in total. The molecule has 1 unspecified atom stereocenters. The van der Waals surface area contributed by atoms with Crippen molar-refractivity contribution in [3.8, 4) is 0 Å². The van der Waals surface area contributed by atoms with Gasteiger partial charge in [0, 0.05) is 17.8 Å². The number of hydrogen-bond donors (Lipinski definition) is 2. The number of furan rings is 1. The van der Waals surface area contributed by atoms with Crippen LogP contribution in [0.4, 0.5) is 0 Å². The normalized spacial score (nSPS) is 11.8. The summed E-state index contributed by atoms with van der Waals surface area (Å²) >= 11 is 1.60. The first-order valence-corrected chi connectivity index (χ1v) is 7.19. The van der Waals surface area contributed by atoms with Gasteiger partial charge in [-0.2, -0.15) is 0 Å². The van der Waals surface area contributed by atoms with E-state index in [9.17, 15) is 9.59 Å². The van der Waals surface area contributed by atoms with E-state index in [1.807, 2.05) is 24.4 Å². The van der Waals surface area contributed by atoms with E-state index >= 15 is 0 Å². The fourth-order valence-corrected chi connectivity index (χ4v) is 2.44.